The molecule has 0 radical (unpaired) electrons. The van der Waals surface area contributed by atoms with Crippen LogP contribution in [0.4, 0.5) is 5.82 Å². The van der Waals surface area contributed by atoms with Crippen molar-refractivity contribution in [1.82, 2.24) is 4.98 Å². The molecule has 0 unspecified atom stereocenters. The van der Waals surface area contributed by atoms with Crippen molar-refractivity contribution in [3.05, 3.63) is 23.4 Å². The Morgan fingerprint density at radius 3 is 3.14 bits per heavy atom. The Bertz CT molecular complexity index is 347. The van der Waals surface area contributed by atoms with E-state index in [9.17, 15) is 0 Å². The van der Waals surface area contributed by atoms with Crippen LogP contribution in [0.15, 0.2) is 17.1 Å². The molecule has 1 aromatic heterocycles. The Morgan fingerprint density at radius 1 is 1.36 bits per heavy atom. The van der Waals surface area contributed by atoms with Gasteiger partial charge in [-0.15, -0.1) is 0 Å². The van der Waals surface area contributed by atoms with Crippen LogP contribution in [0.25, 0.3) is 0 Å². The Balaban J connectivity index is 2.18. The Kier molecular flexibility index (Phi) is 2.89. The second-order valence-electron chi connectivity index (χ2n) is 3.46. The van der Waals surface area contributed by atoms with Gasteiger partial charge in [0.15, 0.2) is 5.82 Å². The van der Waals surface area contributed by atoms with Crippen molar-refractivity contribution in [3.8, 4) is 0 Å². The minimum atomic E-state index is 0.224. The van der Waals surface area contributed by atoms with Gasteiger partial charge in [-0.1, -0.05) is 6.07 Å². The summed E-state index contributed by atoms with van der Waals surface area (Å²) in [7, 11) is 0. The second kappa shape index (κ2) is 4.33. The average molecular weight is 190 g/mol. The van der Waals surface area contributed by atoms with Crippen molar-refractivity contribution in [2.75, 3.05) is 6.61 Å². The van der Waals surface area contributed by atoms with Crippen molar-refractivity contribution in [3.63, 3.8) is 0 Å². The van der Waals surface area contributed by atoms with Crippen LogP contribution in [0.5, 0.6) is 0 Å². The molecule has 1 N–H and O–H groups in total. The molecule has 0 amide bonds. The molecule has 2 heterocycles. The number of aliphatic hydroxyl groups is 1. The highest BCUT2D eigenvalue weighted by Crippen LogP contribution is 2.21. The highest BCUT2D eigenvalue weighted by atomic mass is 16.2. The van der Waals surface area contributed by atoms with Crippen LogP contribution in [0, 0.1) is 0 Å². The fourth-order valence-electron chi connectivity index (χ4n) is 1.59. The van der Waals surface area contributed by atoms with Crippen LogP contribution < -0.4 is 0 Å². The molecule has 0 saturated heterocycles. The SMILES string of the molecule is OCCCc1ccc2c(n1)N=CCC2. The summed E-state index contributed by atoms with van der Waals surface area (Å²) >= 11 is 0. The van der Waals surface area contributed by atoms with E-state index < -0.39 is 0 Å². The van der Waals surface area contributed by atoms with Gasteiger partial charge in [0.2, 0.25) is 0 Å². The van der Waals surface area contributed by atoms with E-state index in [1.807, 2.05) is 12.3 Å². The van der Waals surface area contributed by atoms with Crippen molar-refractivity contribution in [1.29, 1.82) is 0 Å². The molecule has 2 rings (SSSR count). The van der Waals surface area contributed by atoms with Crippen LogP contribution in [-0.2, 0) is 12.8 Å². The molecule has 0 spiro atoms. The van der Waals surface area contributed by atoms with Gasteiger partial charge < -0.3 is 5.11 Å². The fraction of sp³-hybridized carbons (Fsp3) is 0.455. The summed E-state index contributed by atoms with van der Waals surface area (Å²) in [5.41, 5.74) is 2.26. The van der Waals surface area contributed by atoms with E-state index in [4.69, 9.17) is 5.11 Å². The van der Waals surface area contributed by atoms with Gasteiger partial charge in [-0.2, -0.15) is 0 Å². The molecule has 0 fully saturated rings. The number of hydrogen-bond donors (Lipinski definition) is 1. The van der Waals surface area contributed by atoms with Gasteiger partial charge in [-0.25, -0.2) is 9.98 Å². The summed E-state index contributed by atoms with van der Waals surface area (Å²) in [5, 5.41) is 8.71. The van der Waals surface area contributed by atoms with Gasteiger partial charge >= 0.3 is 0 Å². The quantitative estimate of drug-likeness (QED) is 0.787. The van der Waals surface area contributed by atoms with Gasteiger partial charge in [-0.3, -0.25) is 0 Å². The maximum atomic E-state index is 8.71. The van der Waals surface area contributed by atoms with Crippen molar-refractivity contribution in [2.24, 2.45) is 4.99 Å². The summed E-state index contributed by atoms with van der Waals surface area (Å²) in [5.74, 6) is 0.867. The third-order valence-electron chi connectivity index (χ3n) is 2.36. The number of aryl methyl sites for hydroxylation is 2. The Morgan fingerprint density at radius 2 is 2.29 bits per heavy atom. The van der Waals surface area contributed by atoms with Gasteiger partial charge in [0.1, 0.15) is 0 Å². The predicted octanol–water partition coefficient (Wildman–Crippen LogP) is 1.66. The molecule has 74 valence electrons. The normalized spacial score (nSPS) is 14.1. The highest BCUT2D eigenvalue weighted by Gasteiger charge is 2.07. The minimum absolute atomic E-state index is 0.224. The lowest BCUT2D eigenvalue weighted by atomic mass is 10.1. The topological polar surface area (TPSA) is 45.5 Å². The second-order valence-corrected chi connectivity index (χ2v) is 3.46. The van der Waals surface area contributed by atoms with Gasteiger partial charge in [-0.05, 0) is 37.3 Å². The number of hydrogen-bond acceptors (Lipinski definition) is 3. The molecule has 0 aromatic carbocycles. The number of aliphatic imine (C=N–C) groups is 1. The average Bonchev–Trinajstić information content (AvgIpc) is 2.26. The molecule has 1 aliphatic heterocycles. The molecule has 0 saturated carbocycles. The molecule has 1 aromatic rings. The lowest BCUT2D eigenvalue weighted by molar-refractivity contribution is 0.288. The largest absolute Gasteiger partial charge is 0.396 e. The van der Waals surface area contributed by atoms with Crippen LogP contribution >= 0.6 is 0 Å². The maximum absolute atomic E-state index is 8.71. The summed E-state index contributed by atoms with van der Waals surface area (Å²) in [4.78, 5) is 8.70. The molecule has 0 bridgehead atoms. The zero-order valence-electron chi connectivity index (χ0n) is 8.11. The van der Waals surface area contributed by atoms with Crippen molar-refractivity contribution < 1.29 is 5.11 Å². The lowest BCUT2D eigenvalue weighted by Crippen LogP contribution is -1.99. The smallest absolute Gasteiger partial charge is 0.154 e. The molecule has 0 atom stereocenters. The molecule has 0 aliphatic carbocycles. The monoisotopic (exact) mass is 190 g/mol. The summed E-state index contributed by atoms with van der Waals surface area (Å²) < 4.78 is 0. The fourth-order valence-corrected chi connectivity index (χ4v) is 1.59. The van der Waals surface area contributed by atoms with Crippen LogP contribution in [0.3, 0.4) is 0 Å². The molecule has 14 heavy (non-hydrogen) atoms. The van der Waals surface area contributed by atoms with Crippen LogP contribution in [-0.4, -0.2) is 22.9 Å². The van der Waals surface area contributed by atoms with Crippen molar-refractivity contribution >= 4 is 12.0 Å². The van der Waals surface area contributed by atoms with Gasteiger partial charge in [0.25, 0.3) is 0 Å². The number of fused-ring (bicyclic) bond motifs is 1. The van der Waals surface area contributed by atoms with E-state index >= 15 is 0 Å². The van der Waals surface area contributed by atoms with E-state index in [1.54, 1.807) is 0 Å². The molecular weight excluding hydrogens is 176 g/mol. The van der Waals surface area contributed by atoms with Crippen LogP contribution in [0.2, 0.25) is 0 Å². The zero-order valence-corrected chi connectivity index (χ0v) is 8.11. The first-order valence-electron chi connectivity index (χ1n) is 5.02. The predicted molar refractivity (Wildman–Crippen MR) is 56.1 cm³/mol. The van der Waals surface area contributed by atoms with Crippen molar-refractivity contribution in [2.45, 2.75) is 25.7 Å². The van der Waals surface area contributed by atoms with Crippen LogP contribution in [0.1, 0.15) is 24.1 Å². The number of nitrogens with zero attached hydrogens (tertiary/aromatic N) is 2. The standard InChI is InChI=1S/C11H14N2O/c14-8-2-4-10-6-5-9-3-1-7-12-11(9)13-10/h5-7,14H,1-4,8H2. The van der Waals surface area contributed by atoms with E-state index in [2.05, 4.69) is 16.0 Å². The first kappa shape index (κ1) is 9.34. The zero-order chi connectivity index (χ0) is 9.80. The van der Waals surface area contributed by atoms with E-state index in [1.165, 1.54) is 5.56 Å². The highest BCUT2D eigenvalue weighted by molar-refractivity contribution is 5.66. The molecule has 3 heteroatoms. The number of aliphatic hydroxyl groups excluding tert-OH is 1. The number of aromatic nitrogens is 1. The third-order valence-corrected chi connectivity index (χ3v) is 2.36. The number of rotatable bonds is 3. The summed E-state index contributed by atoms with van der Waals surface area (Å²) in [6.07, 6.45) is 5.59. The number of pyridine rings is 1. The molecular formula is C11H14N2O. The van der Waals surface area contributed by atoms with E-state index in [0.29, 0.717) is 0 Å². The van der Waals surface area contributed by atoms with Gasteiger partial charge in [0.05, 0.1) is 0 Å². The Hall–Kier alpha value is -1.22. The minimum Gasteiger partial charge on any atom is -0.396 e. The molecule has 3 nitrogen and oxygen atoms in total. The molecule has 1 aliphatic rings. The van der Waals surface area contributed by atoms with E-state index in [0.717, 1.165) is 37.2 Å². The lowest BCUT2D eigenvalue weighted by Gasteiger charge is -2.09. The first-order chi connectivity index (χ1) is 6.90. The summed E-state index contributed by atoms with van der Waals surface area (Å²) in [6.45, 7) is 0.224. The first-order valence-corrected chi connectivity index (χ1v) is 5.02. The van der Waals surface area contributed by atoms with E-state index in [-0.39, 0.29) is 6.61 Å². The Labute approximate surface area is 83.5 Å². The maximum Gasteiger partial charge on any atom is 0.154 e. The third kappa shape index (κ3) is 1.99. The van der Waals surface area contributed by atoms with Gasteiger partial charge in [0, 0.05) is 18.5 Å². The summed E-state index contributed by atoms with van der Waals surface area (Å²) in [6, 6.07) is 4.14.